The van der Waals surface area contributed by atoms with E-state index in [0.29, 0.717) is 13.2 Å². The molecule has 1 atom stereocenters. The van der Waals surface area contributed by atoms with Gasteiger partial charge < -0.3 is 19.2 Å². The van der Waals surface area contributed by atoms with Gasteiger partial charge in [0.25, 0.3) is 0 Å². The number of rotatable bonds is 6. The van der Waals surface area contributed by atoms with Crippen LogP contribution >= 0.6 is 0 Å². The Bertz CT molecular complexity index is 1020. The van der Waals surface area contributed by atoms with Crippen LogP contribution in [-0.2, 0) is 24.2 Å². The molecule has 0 radical (unpaired) electrons. The summed E-state index contributed by atoms with van der Waals surface area (Å²) >= 11 is 0. The fourth-order valence-electron chi connectivity index (χ4n) is 3.67. The number of benzene rings is 2. The Labute approximate surface area is 164 Å². The predicted octanol–water partition coefficient (Wildman–Crippen LogP) is 4.32. The monoisotopic (exact) mass is 379 g/mol. The lowest BCUT2D eigenvalue weighted by molar-refractivity contribution is -0.120. The molecule has 2 heterocycles. The van der Waals surface area contributed by atoms with E-state index in [0.717, 1.165) is 51.1 Å². The Kier molecular flexibility index (Phi) is 4.99. The van der Waals surface area contributed by atoms with Crippen molar-refractivity contribution in [3.05, 3.63) is 58.8 Å². The minimum atomic E-state index is -0.0551. The first-order valence-electron chi connectivity index (χ1n) is 9.72. The lowest BCUT2D eigenvalue weighted by atomic mass is 10.1. The van der Waals surface area contributed by atoms with Gasteiger partial charge in [-0.25, -0.2) is 0 Å². The molecule has 1 unspecified atom stereocenters. The molecule has 2 aromatic carbocycles. The fourth-order valence-corrected chi connectivity index (χ4v) is 3.67. The maximum Gasteiger partial charge on any atom is 0.224 e. The van der Waals surface area contributed by atoms with Crippen LogP contribution in [0.1, 0.15) is 36.1 Å². The van der Waals surface area contributed by atoms with Gasteiger partial charge in [-0.1, -0.05) is 12.1 Å². The lowest BCUT2D eigenvalue weighted by Crippen LogP contribution is -2.24. The second-order valence-corrected chi connectivity index (χ2v) is 7.35. The Morgan fingerprint density at radius 1 is 1.25 bits per heavy atom. The third-order valence-electron chi connectivity index (χ3n) is 5.02. The summed E-state index contributed by atoms with van der Waals surface area (Å²) in [4.78, 5) is 12.5. The average molecular weight is 379 g/mol. The van der Waals surface area contributed by atoms with Crippen molar-refractivity contribution in [2.45, 2.75) is 46.3 Å². The Morgan fingerprint density at radius 3 is 2.93 bits per heavy atom. The zero-order valence-electron chi connectivity index (χ0n) is 16.5. The third kappa shape index (κ3) is 3.70. The van der Waals surface area contributed by atoms with Gasteiger partial charge in [-0.3, -0.25) is 4.79 Å². The largest absolute Gasteiger partial charge is 0.494 e. The van der Waals surface area contributed by atoms with E-state index >= 15 is 0 Å². The molecule has 0 bridgehead atoms. The van der Waals surface area contributed by atoms with E-state index in [2.05, 4.69) is 12.2 Å². The Morgan fingerprint density at radius 2 is 2.11 bits per heavy atom. The molecule has 1 aromatic heterocycles. The summed E-state index contributed by atoms with van der Waals surface area (Å²) in [6, 6.07) is 10.0. The molecule has 0 saturated heterocycles. The average Bonchev–Trinajstić information content (AvgIpc) is 3.21. The van der Waals surface area contributed by atoms with Gasteiger partial charge in [-0.05, 0) is 44.5 Å². The molecule has 1 amide bonds. The van der Waals surface area contributed by atoms with E-state index in [1.165, 1.54) is 0 Å². The number of carbonyl (C=O) groups excluding carboxylic acids is 1. The second kappa shape index (κ2) is 7.58. The highest BCUT2D eigenvalue weighted by atomic mass is 16.5. The molecule has 0 spiro atoms. The van der Waals surface area contributed by atoms with E-state index in [1.807, 2.05) is 44.2 Å². The zero-order valence-corrected chi connectivity index (χ0v) is 16.5. The van der Waals surface area contributed by atoms with Crippen molar-refractivity contribution in [1.29, 1.82) is 0 Å². The van der Waals surface area contributed by atoms with E-state index in [4.69, 9.17) is 13.9 Å². The molecule has 4 rings (SSSR count). The van der Waals surface area contributed by atoms with E-state index in [-0.39, 0.29) is 18.4 Å². The van der Waals surface area contributed by atoms with Crippen LogP contribution in [0.15, 0.2) is 41.0 Å². The number of fused-ring (bicyclic) bond motifs is 2. The Hall–Kier alpha value is -2.95. The van der Waals surface area contributed by atoms with E-state index < -0.39 is 0 Å². The summed E-state index contributed by atoms with van der Waals surface area (Å²) in [5, 5.41) is 3.98. The summed E-state index contributed by atoms with van der Waals surface area (Å²) in [5.41, 5.74) is 4.92. The topological polar surface area (TPSA) is 60.7 Å². The van der Waals surface area contributed by atoms with Gasteiger partial charge >= 0.3 is 0 Å². The number of aryl methyl sites for hydroxylation is 1. The first-order chi connectivity index (χ1) is 13.5. The predicted molar refractivity (Wildman–Crippen MR) is 108 cm³/mol. The van der Waals surface area contributed by atoms with Crippen molar-refractivity contribution >= 4 is 16.9 Å². The molecule has 5 heteroatoms. The number of furan rings is 1. The van der Waals surface area contributed by atoms with Crippen LogP contribution in [-0.4, -0.2) is 18.6 Å². The minimum absolute atomic E-state index is 0.0551. The van der Waals surface area contributed by atoms with Crippen molar-refractivity contribution in [3.63, 3.8) is 0 Å². The molecule has 1 aliphatic rings. The van der Waals surface area contributed by atoms with Crippen molar-refractivity contribution < 1.29 is 18.7 Å². The molecule has 0 saturated carbocycles. The normalized spacial score (nSPS) is 15.3. The maximum atomic E-state index is 12.5. The maximum absolute atomic E-state index is 12.5. The number of nitrogens with one attached hydrogen (secondary N) is 1. The fraction of sp³-hybridized carbons (Fsp3) is 0.348. The van der Waals surface area contributed by atoms with Crippen LogP contribution in [0.5, 0.6) is 11.5 Å². The summed E-state index contributed by atoms with van der Waals surface area (Å²) < 4.78 is 17.2. The first kappa shape index (κ1) is 18.4. The van der Waals surface area contributed by atoms with E-state index in [9.17, 15) is 4.79 Å². The van der Waals surface area contributed by atoms with Crippen molar-refractivity contribution in [1.82, 2.24) is 5.32 Å². The first-order valence-corrected chi connectivity index (χ1v) is 9.72. The van der Waals surface area contributed by atoms with Gasteiger partial charge in [0, 0.05) is 35.0 Å². The van der Waals surface area contributed by atoms with Crippen LogP contribution in [0.2, 0.25) is 0 Å². The van der Waals surface area contributed by atoms with Crippen molar-refractivity contribution in [2.24, 2.45) is 0 Å². The molecule has 146 valence electrons. The molecule has 28 heavy (non-hydrogen) atoms. The molecule has 1 aliphatic heterocycles. The van der Waals surface area contributed by atoms with Crippen LogP contribution in [0.4, 0.5) is 0 Å². The SMILES string of the molecule is CCOc1cc2c(cc1CNC(=O)Cc1coc3cc(C)ccc13)OC(C)C2. The number of ether oxygens (including phenoxy) is 2. The van der Waals surface area contributed by atoms with Gasteiger partial charge in [0.15, 0.2) is 0 Å². The van der Waals surface area contributed by atoms with Crippen LogP contribution in [0.25, 0.3) is 11.0 Å². The third-order valence-corrected chi connectivity index (χ3v) is 5.02. The Balaban J connectivity index is 1.46. The quantitative estimate of drug-likeness (QED) is 0.693. The van der Waals surface area contributed by atoms with Gasteiger partial charge in [0.05, 0.1) is 19.3 Å². The summed E-state index contributed by atoms with van der Waals surface area (Å²) in [7, 11) is 0. The molecular formula is C23H25NO4. The van der Waals surface area contributed by atoms with Gasteiger partial charge in [0.1, 0.15) is 23.2 Å². The molecule has 3 aromatic rings. The number of amides is 1. The summed E-state index contributed by atoms with van der Waals surface area (Å²) in [5.74, 6) is 1.64. The van der Waals surface area contributed by atoms with Crippen LogP contribution < -0.4 is 14.8 Å². The van der Waals surface area contributed by atoms with Crippen LogP contribution in [0.3, 0.4) is 0 Å². The minimum Gasteiger partial charge on any atom is -0.494 e. The summed E-state index contributed by atoms with van der Waals surface area (Å²) in [6.45, 7) is 7.01. The standard InChI is InChI=1S/C23H25NO4/c1-4-26-20-9-16-8-15(3)28-21(16)10-17(20)12-24-23(25)11-18-13-27-22-7-14(2)5-6-19(18)22/h5-7,9-10,13,15H,4,8,11-12H2,1-3H3,(H,24,25). The molecule has 0 aliphatic carbocycles. The smallest absolute Gasteiger partial charge is 0.224 e. The number of hydrogen-bond donors (Lipinski definition) is 1. The number of carbonyl (C=O) groups is 1. The number of hydrogen-bond acceptors (Lipinski definition) is 4. The highest BCUT2D eigenvalue weighted by Gasteiger charge is 2.22. The zero-order chi connectivity index (χ0) is 19.7. The van der Waals surface area contributed by atoms with Gasteiger partial charge in [-0.2, -0.15) is 0 Å². The molecular weight excluding hydrogens is 354 g/mol. The van der Waals surface area contributed by atoms with E-state index in [1.54, 1.807) is 6.26 Å². The summed E-state index contributed by atoms with van der Waals surface area (Å²) in [6.07, 6.45) is 3.00. The highest BCUT2D eigenvalue weighted by Crippen LogP contribution is 2.35. The van der Waals surface area contributed by atoms with Crippen LogP contribution in [0, 0.1) is 6.92 Å². The highest BCUT2D eigenvalue weighted by molar-refractivity contribution is 5.87. The van der Waals surface area contributed by atoms with Gasteiger partial charge in [0.2, 0.25) is 5.91 Å². The van der Waals surface area contributed by atoms with Crippen molar-refractivity contribution in [2.75, 3.05) is 6.61 Å². The second-order valence-electron chi connectivity index (χ2n) is 7.35. The lowest BCUT2D eigenvalue weighted by Gasteiger charge is -2.13. The van der Waals surface area contributed by atoms with Gasteiger partial charge in [-0.15, -0.1) is 0 Å². The van der Waals surface area contributed by atoms with Crippen molar-refractivity contribution in [3.8, 4) is 11.5 Å². The molecule has 1 N–H and O–H groups in total. The molecule has 0 fully saturated rings. The molecule has 5 nitrogen and oxygen atoms in total.